The van der Waals surface area contributed by atoms with Gasteiger partial charge in [0.05, 0.1) is 0 Å². The van der Waals surface area contributed by atoms with Gasteiger partial charge in [0, 0.05) is 12.1 Å². The maximum Gasteiger partial charge on any atom is 0.0121 e. The van der Waals surface area contributed by atoms with Crippen LogP contribution in [0.4, 0.5) is 0 Å². The van der Waals surface area contributed by atoms with E-state index in [0.29, 0.717) is 5.41 Å². The van der Waals surface area contributed by atoms with Crippen LogP contribution in [0.1, 0.15) is 59.3 Å². The molecular formula is C13H25N. The smallest absolute Gasteiger partial charge is 0.0121 e. The Labute approximate surface area is 88.7 Å². The molecule has 1 N–H and O–H groups in total. The molecule has 82 valence electrons. The van der Waals surface area contributed by atoms with Crippen LogP contribution in [-0.2, 0) is 0 Å². The van der Waals surface area contributed by atoms with Gasteiger partial charge in [-0.3, -0.25) is 0 Å². The van der Waals surface area contributed by atoms with Crippen molar-refractivity contribution in [1.82, 2.24) is 5.32 Å². The third-order valence-electron chi connectivity index (χ3n) is 4.55. The van der Waals surface area contributed by atoms with E-state index in [1.807, 2.05) is 0 Å². The lowest BCUT2D eigenvalue weighted by molar-refractivity contribution is 0.0815. The molecule has 1 heteroatoms. The first-order valence-corrected chi connectivity index (χ1v) is 6.36. The second-order valence-corrected chi connectivity index (χ2v) is 6.11. The van der Waals surface area contributed by atoms with E-state index in [-0.39, 0.29) is 0 Å². The number of rotatable bonds is 2. The molecule has 0 aromatic heterocycles. The Balaban J connectivity index is 1.84. The van der Waals surface area contributed by atoms with Gasteiger partial charge >= 0.3 is 0 Å². The van der Waals surface area contributed by atoms with Crippen molar-refractivity contribution >= 4 is 0 Å². The van der Waals surface area contributed by atoms with Crippen molar-refractivity contribution in [2.45, 2.75) is 71.4 Å². The van der Waals surface area contributed by atoms with Crippen molar-refractivity contribution in [3.05, 3.63) is 0 Å². The van der Waals surface area contributed by atoms with Gasteiger partial charge in [-0.05, 0) is 37.0 Å². The van der Waals surface area contributed by atoms with Gasteiger partial charge < -0.3 is 5.32 Å². The molecule has 0 amide bonds. The topological polar surface area (TPSA) is 12.0 Å². The molecule has 2 saturated carbocycles. The van der Waals surface area contributed by atoms with E-state index in [1.165, 1.54) is 38.5 Å². The van der Waals surface area contributed by atoms with Crippen LogP contribution in [0.25, 0.3) is 0 Å². The summed E-state index contributed by atoms with van der Waals surface area (Å²) in [4.78, 5) is 0. The first-order valence-electron chi connectivity index (χ1n) is 6.36. The molecule has 2 fully saturated rings. The van der Waals surface area contributed by atoms with Crippen LogP contribution in [-0.4, -0.2) is 12.1 Å². The predicted molar refractivity (Wildman–Crippen MR) is 61.4 cm³/mol. The molecule has 0 radical (unpaired) electrons. The zero-order chi connectivity index (χ0) is 10.2. The monoisotopic (exact) mass is 195 g/mol. The summed E-state index contributed by atoms with van der Waals surface area (Å²) in [6.45, 7) is 7.23. The van der Waals surface area contributed by atoms with Crippen LogP contribution >= 0.6 is 0 Å². The van der Waals surface area contributed by atoms with E-state index < -0.39 is 0 Å². The Kier molecular flexibility index (Phi) is 2.88. The Bertz CT molecular complexity index is 197. The molecule has 0 aromatic rings. The van der Waals surface area contributed by atoms with Crippen molar-refractivity contribution in [3.63, 3.8) is 0 Å². The van der Waals surface area contributed by atoms with Crippen molar-refractivity contribution in [1.29, 1.82) is 0 Å². The molecule has 2 rings (SSSR count). The molecule has 3 atom stereocenters. The SMILES string of the molecule is CC1CCCCC1NC1CCC1(C)C. The van der Waals surface area contributed by atoms with Crippen molar-refractivity contribution in [3.8, 4) is 0 Å². The summed E-state index contributed by atoms with van der Waals surface area (Å²) < 4.78 is 0. The average molecular weight is 195 g/mol. The van der Waals surface area contributed by atoms with Crippen LogP contribution in [0.2, 0.25) is 0 Å². The summed E-state index contributed by atoms with van der Waals surface area (Å²) in [5.74, 6) is 0.903. The summed E-state index contributed by atoms with van der Waals surface area (Å²) in [7, 11) is 0. The summed E-state index contributed by atoms with van der Waals surface area (Å²) >= 11 is 0. The Morgan fingerprint density at radius 1 is 1.07 bits per heavy atom. The molecule has 0 bridgehead atoms. The second-order valence-electron chi connectivity index (χ2n) is 6.11. The van der Waals surface area contributed by atoms with E-state index in [2.05, 4.69) is 26.1 Å². The van der Waals surface area contributed by atoms with E-state index in [0.717, 1.165) is 18.0 Å². The number of nitrogens with one attached hydrogen (secondary N) is 1. The molecule has 3 unspecified atom stereocenters. The molecule has 2 aliphatic carbocycles. The molecule has 0 aromatic carbocycles. The number of hydrogen-bond donors (Lipinski definition) is 1. The van der Waals surface area contributed by atoms with Crippen LogP contribution < -0.4 is 5.32 Å². The molecule has 0 spiro atoms. The van der Waals surface area contributed by atoms with E-state index >= 15 is 0 Å². The highest BCUT2D eigenvalue weighted by Crippen LogP contribution is 2.41. The van der Waals surface area contributed by atoms with Crippen molar-refractivity contribution in [2.24, 2.45) is 11.3 Å². The fraction of sp³-hybridized carbons (Fsp3) is 1.00. The molecule has 2 aliphatic rings. The summed E-state index contributed by atoms with van der Waals surface area (Å²) in [6.07, 6.45) is 8.54. The van der Waals surface area contributed by atoms with Gasteiger partial charge in [-0.1, -0.05) is 33.6 Å². The highest BCUT2D eigenvalue weighted by Gasteiger charge is 2.40. The molecule has 0 saturated heterocycles. The standard InChI is InChI=1S/C13H25N/c1-10-6-4-5-7-11(10)14-12-8-9-13(12,2)3/h10-12,14H,4-9H2,1-3H3. The second kappa shape index (κ2) is 3.84. The minimum absolute atomic E-state index is 0.567. The zero-order valence-electron chi connectivity index (χ0n) is 9.97. The first-order chi connectivity index (χ1) is 6.59. The highest BCUT2D eigenvalue weighted by molar-refractivity contribution is 4.96. The van der Waals surface area contributed by atoms with Crippen LogP contribution in [0, 0.1) is 11.3 Å². The molecule has 0 aliphatic heterocycles. The third-order valence-corrected chi connectivity index (χ3v) is 4.55. The Morgan fingerprint density at radius 2 is 1.79 bits per heavy atom. The molecule has 14 heavy (non-hydrogen) atoms. The minimum atomic E-state index is 0.567. The lowest BCUT2D eigenvalue weighted by Gasteiger charge is -2.48. The van der Waals surface area contributed by atoms with Gasteiger partial charge in [-0.15, -0.1) is 0 Å². The Hall–Kier alpha value is -0.0400. The van der Waals surface area contributed by atoms with Crippen LogP contribution in [0.15, 0.2) is 0 Å². The van der Waals surface area contributed by atoms with Crippen molar-refractivity contribution < 1.29 is 0 Å². The minimum Gasteiger partial charge on any atom is -0.310 e. The first kappa shape index (κ1) is 10.5. The van der Waals surface area contributed by atoms with E-state index in [4.69, 9.17) is 0 Å². The van der Waals surface area contributed by atoms with Gasteiger partial charge in [0.25, 0.3) is 0 Å². The van der Waals surface area contributed by atoms with Gasteiger partial charge in [-0.2, -0.15) is 0 Å². The summed E-state index contributed by atoms with van der Waals surface area (Å²) in [6, 6.07) is 1.61. The molecule has 1 nitrogen and oxygen atoms in total. The van der Waals surface area contributed by atoms with Gasteiger partial charge in [0.2, 0.25) is 0 Å². The molecule has 0 heterocycles. The zero-order valence-corrected chi connectivity index (χ0v) is 9.97. The summed E-state index contributed by atoms with van der Waals surface area (Å²) in [5, 5.41) is 3.90. The maximum absolute atomic E-state index is 3.90. The van der Waals surface area contributed by atoms with Gasteiger partial charge in [-0.25, -0.2) is 0 Å². The van der Waals surface area contributed by atoms with Gasteiger partial charge in [0.15, 0.2) is 0 Å². The lowest BCUT2D eigenvalue weighted by Crippen LogP contribution is -2.55. The van der Waals surface area contributed by atoms with Gasteiger partial charge in [0.1, 0.15) is 0 Å². The Morgan fingerprint density at radius 3 is 2.29 bits per heavy atom. The highest BCUT2D eigenvalue weighted by atomic mass is 15.0. The fourth-order valence-corrected chi connectivity index (χ4v) is 3.00. The average Bonchev–Trinajstić information content (AvgIpc) is 2.15. The predicted octanol–water partition coefficient (Wildman–Crippen LogP) is 3.34. The maximum atomic E-state index is 3.90. The van der Waals surface area contributed by atoms with Crippen LogP contribution in [0.3, 0.4) is 0 Å². The van der Waals surface area contributed by atoms with E-state index in [9.17, 15) is 0 Å². The third kappa shape index (κ3) is 1.98. The van der Waals surface area contributed by atoms with Crippen molar-refractivity contribution in [2.75, 3.05) is 0 Å². The van der Waals surface area contributed by atoms with Crippen LogP contribution in [0.5, 0.6) is 0 Å². The molecular weight excluding hydrogens is 170 g/mol. The fourth-order valence-electron chi connectivity index (χ4n) is 3.00. The largest absolute Gasteiger partial charge is 0.310 e. The normalized spacial score (nSPS) is 41.8. The van der Waals surface area contributed by atoms with E-state index in [1.54, 1.807) is 0 Å². The lowest BCUT2D eigenvalue weighted by atomic mass is 9.66. The quantitative estimate of drug-likeness (QED) is 0.712. The summed E-state index contributed by atoms with van der Waals surface area (Å²) in [5.41, 5.74) is 0.567. The number of hydrogen-bond acceptors (Lipinski definition) is 1.